The summed E-state index contributed by atoms with van der Waals surface area (Å²) in [4.78, 5) is 17.4. The van der Waals surface area contributed by atoms with Crippen LogP contribution in [0.4, 0.5) is 4.79 Å². The summed E-state index contributed by atoms with van der Waals surface area (Å²) in [6.45, 7) is 6.40. The van der Waals surface area contributed by atoms with Gasteiger partial charge in [0.05, 0.1) is 19.3 Å². The number of hydrogen-bond donors (Lipinski definition) is 1. The van der Waals surface area contributed by atoms with Crippen LogP contribution >= 0.6 is 0 Å². The first-order valence-corrected chi connectivity index (χ1v) is 11.7. The number of rotatable bonds is 3. The minimum Gasteiger partial charge on any atom is -0.378 e. The quantitative estimate of drug-likeness (QED) is 0.837. The third-order valence-corrected chi connectivity index (χ3v) is 7.90. The molecule has 1 N–H and O–H groups in total. The molecule has 2 aliphatic carbocycles. The van der Waals surface area contributed by atoms with Gasteiger partial charge in [0.15, 0.2) is 0 Å². The molecule has 2 amide bonds. The van der Waals surface area contributed by atoms with Gasteiger partial charge in [0, 0.05) is 26.5 Å². The fraction of sp³-hybridized carbons (Fsp3) is 0.708. The van der Waals surface area contributed by atoms with Crippen molar-refractivity contribution in [1.82, 2.24) is 15.1 Å². The molecule has 0 bridgehead atoms. The first-order valence-electron chi connectivity index (χ1n) is 11.7. The van der Waals surface area contributed by atoms with Crippen LogP contribution in [0.1, 0.15) is 63.5 Å². The van der Waals surface area contributed by atoms with Crippen molar-refractivity contribution in [3.05, 3.63) is 35.4 Å². The number of likely N-dealkylation sites (tertiary alicyclic amines) is 1. The zero-order valence-corrected chi connectivity index (χ0v) is 17.6. The van der Waals surface area contributed by atoms with Gasteiger partial charge in [-0.2, -0.15) is 0 Å². The van der Waals surface area contributed by atoms with Gasteiger partial charge in [0.1, 0.15) is 0 Å². The molecule has 5 heteroatoms. The lowest BCUT2D eigenvalue weighted by atomic mass is 9.73. The van der Waals surface area contributed by atoms with E-state index in [4.69, 9.17) is 4.74 Å². The van der Waals surface area contributed by atoms with E-state index >= 15 is 0 Å². The maximum atomic E-state index is 12.8. The Kier molecular flexibility index (Phi) is 5.53. The van der Waals surface area contributed by atoms with Crippen LogP contribution in [-0.4, -0.2) is 61.8 Å². The summed E-state index contributed by atoms with van der Waals surface area (Å²) >= 11 is 0. The van der Waals surface area contributed by atoms with Crippen LogP contribution in [0.5, 0.6) is 0 Å². The minimum atomic E-state index is 0. The zero-order valence-electron chi connectivity index (χ0n) is 17.6. The molecule has 1 atom stereocenters. The van der Waals surface area contributed by atoms with Crippen LogP contribution in [0.15, 0.2) is 24.3 Å². The number of nitrogens with zero attached hydrogens (tertiary/aromatic N) is 2. The van der Waals surface area contributed by atoms with Crippen molar-refractivity contribution in [2.45, 2.75) is 56.4 Å². The first-order chi connectivity index (χ1) is 14.2. The van der Waals surface area contributed by atoms with Gasteiger partial charge in [0.25, 0.3) is 0 Å². The number of nitrogens with one attached hydrogen (secondary N) is 1. The van der Waals surface area contributed by atoms with E-state index in [-0.39, 0.29) is 18.9 Å². The molecule has 5 nitrogen and oxygen atoms in total. The van der Waals surface area contributed by atoms with Crippen LogP contribution < -0.4 is 5.32 Å². The predicted molar refractivity (Wildman–Crippen MR) is 116 cm³/mol. The predicted octanol–water partition coefficient (Wildman–Crippen LogP) is 3.94. The lowest BCUT2D eigenvalue weighted by molar-refractivity contribution is 0.0521. The van der Waals surface area contributed by atoms with Gasteiger partial charge in [-0.05, 0) is 62.2 Å². The third-order valence-electron chi connectivity index (χ3n) is 7.90. The van der Waals surface area contributed by atoms with E-state index in [2.05, 4.69) is 34.5 Å². The van der Waals surface area contributed by atoms with Crippen LogP contribution in [0.3, 0.4) is 0 Å². The summed E-state index contributed by atoms with van der Waals surface area (Å²) < 4.78 is 5.40. The summed E-state index contributed by atoms with van der Waals surface area (Å²) in [6, 6.07) is 9.08. The maximum Gasteiger partial charge on any atom is 0.318 e. The number of piperidine rings is 1. The second-order valence-electron chi connectivity index (χ2n) is 9.62. The largest absolute Gasteiger partial charge is 0.378 e. The van der Waals surface area contributed by atoms with Crippen molar-refractivity contribution < 1.29 is 11.0 Å². The van der Waals surface area contributed by atoms with Crippen molar-refractivity contribution in [2.24, 2.45) is 5.92 Å². The van der Waals surface area contributed by atoms with Crippen molar-refractivity contribution in [1.29, 1.82) is 0 Å². The molecule has 0 unspecified atom stereocenters. The lowest BCUT2D eigenvalue weighted by Gasteiger charge is -2.41. The topological polar surface area (TPSA) is 44.8 Å². The Hall–Kier alpha value is -1.59. The summed E-state index contributed by atoms with van der Waals surface area (Å²) in [5.74, 6) is 0.931. The van der Waals surface area contributed by atoms with Gasteiger partial charge in [0.2, 0.25) is 0 Å². The Bertz CT molecular complexity index is 723. The average molecular weight is 400 g/mol. The van der Waals surface area contributed by atoms with E-state index < -0.39 is 0 Å². The highest BCUT2D eigenvalue weighted by Gasteiger charge is 2.46. The Morgan fingerprint density at radius 2 is 1.83 bits per heavy atom. The number of benzene rings is 1. The van der Waals surface area contributed by atoms with E-state index in [9.17, 15) is 4.79 Å². The Morgan fingerprint density at radius 1 is 1.10 bits per heavy atom. The molecule has 0 aromatic heterocycles. The van der Waals surface area contributed by atoms with Crippen molar-refractivity contribution in [3.63, 3.8) is 0 Å². The molecule has 3 fully saturated rings. The molecule has 1 saturated carbocycles. The summed E-state index contributed by atoms with van der Waals surface area (Å²) in [6.07, 6.45) is 9.22. The number of morpholine rings is 1. The number of amides is 2. The summed E-state index contributed by atoms with van der Waals surface area (Å²) in [5, 5.41) is 3.36. The average Bonchev–Trinajstić information content (AvgIpc) is 3.38. The van der Waals surface area contributed by atoms with Crippen LogP contribution in [0, 0.1) is 5.92 Å². The van der Waals surface area contributed by atoms with Crippen LogP contribution in [0.25, 0.3) is 0 Å². The fourth-order valence-corrected chi connectivity index (χ4v) is 6.23. The molecule has 2 saturated heterocycles. The van der Waals surface area contributed by atoms with Crippen molar-refractivity contribution in [2.75, 3.05) is 45.9 Å². The van der Waals surface area contributed by atoms with Crippen molar-refractivity contribution in [3.8, 4) is 0 Å². The van der Waals surface area contributed by atoms with E-state index in [1.54, 1.807) is 0 Å². The molecule has 0 radical (unpaired) electrons. The van der Waals surface area contributed by atoms with Crippen LogP contribution in [-0.2, 0) is 10.2 Å². The first kappa shape index (κ1) is 19.4. The Morgan fingerprint density at radius 3 is 2.59 bits per heavy atom. The van der Waals surface area contributed by atoms with Gasteiger partial charge in [-0.25, -0.2) is 4.79 Å². The molecular weight excluding hydrogens is 362 g/mol. The molecule has 4 aliphatic rings. The number of ether oxygens (including phenoxy) is 1. The summed E-state index contributed by atoms with van der Waals surface area (Å²) in [5.41, 5.74) is 3.08. The number of carbonyl (C=O) groups is 1. The van der Waals surface area contributed by atoms with E-state index in [0.717, 1.165) is 12.3 Å². The van der Waals surface area contributed by atoms with Gasteiger partial charge >= 0.3 is 6.03 Å². The second kappa shape index (κ2) is 8.27. The molecule has 1 aromatic rings. The van der Waals surface area contributed by atoms with Crippen molar-refractivity contribution >= 4 is 6.03 Å². The molecule has 5 rings (SSSR count). The minimum absolute atomic E-state index is 0. The summed E-state index contributed by atoms with van der Waals surface area (Å²) in [7, 11) is 0. The van der Waals surface area contributed by atoms with Crippen LogP contribution in [0.2, 0.25) is 0 Å². The smallest absolute Gasteiger partial charge is 0.318 e. The molecule has 1 spiro atoms. The highest BCUT2D eigenvalue weighted by Crippen LogP contribution is 2.50. The SMILES string of the molecule is O=C(N[C@H]1CC2(CCN(CC3CCCC3)CC2)c2ccccc21)N1CCOCC1.[HH]. The maximum absolute atomic E-state index is 12.8. The monoisotopic (exact) mass is 399 g/mol. The molecule has 2 aliphatic heterocycles. The second-order valence-corrected chi connectivity index (χ2v) is 9.62. The third kappa shape index (κ3) is 3.91. The van der Waals surface area contributed by atoms with Gasteiger partial charge in [-0.3, -0.25) is 0 Å². The molecular formula is C24H37N3O2. The normalized spacial score (nSPS) is 27.3. The number of fused-ring (bicyclic) bond motifs is 2. The molecule has 160 valence electrons. The van der Waals surface area contributed by atoms with Gasteiger partial charge < -0.3 is 19.9 Å². The number of hydrogen-bond acceptors (Lipinski definition) is 3. The number of carbonyl (C=O) groups excluding carboxylic acids is 1. The van der Waals surface area contributed by atoms with Gasteiger partial charge in [-0.1, -0.05) is 37.1 Å². The zero-order chi connectivity index (χ0) is 19.7. The highest BCUT2D eigenvalue weighted by atomic mass is 16.5. The number of urea groups is 1. The van der Waals surface area contributed by atoms with Gasteiger partial charge in [-0.15, -0.1) is 0 Å². The standard InChI is InChI=1S/C24H35N3O2.H2/c28-23(27-13-15-29-16-14-27)25-22-17-24(21-8-4-3-7-20(21)22)9-11-26(12-10-24)18-19-5-1-2-6-19;/h3-4,7-8,19,22H,1-2,5-6,9-18H2,(H,25,28);1H/t22-;/m0./s1. The molecule has 1 aromatic carbocycles. The lowest BCUT2D eigenvalue weighted by Crippen LogP contribution is -2.47. The Balaban J connectivity index is 0.00000218. The van der Waals surface area contributed by atoms with E-state index in [1.807, 2.05) is 4.90 Å². The fourth-order valence-electron chi connectivity index (χ4n) is 6.23. The Labute approximate surface area is 176 Å². The van der Waals surface area contributed by atoms with E-state index in [0.29, 0.717) is 26.3 Å². The van der Waals surface area contributed by atoms with E-state index in [1.165, 1.54) is 69.3 Å². The molecule has 29 heavy (non-hydrogen) atoms. The molecule has 2 heterocycles. The highest BCUT2D eigenvalue weighted by molar-refractivity contribution is 5.75.